The van der Waals surface area contributed by atoms with Crippen molar-refractivity contribution in [1.82, 2.24) is 4.98 Å². The Labute approximate surface area is 164 Å². The van der Waals surface area contributed by atoms with E-state index in [-0.39, 0.29) is 5.69 Å². The fourth-order valence-corrected chi connectivity index (χ4v) is 4.07. The van der Waals surface area contributed by atoms with Gasteiger partial charge in [0, 0.05) is 17.7 Å². The Morgan fingerprint density at radius 1 is 1.07 bits per heavy atom. The SMILES string of the molecule is O=[N+]([O-])c1ccc(-c2nc3cccc(OCc4ccccc4)c3s2)c(Cl)c1. The van der Waals surface area contributed by atoms with Gasteiger partial charge in [-0.25, -0.2) is 4.98 Å². The fraction of sp³-hybridized carbons (Fsp3) is 0.0500. The number of nitrogens with zero attached hydrogens (tertiary/aromatic N) is 2. The van der Waals surface area contributed by atoms with E-state index in [1.807, 2.05) is 48.5 Å². The Morgan fingerprint density at radius 3 is 2.63 bits per heavy atom. The summed E-state index contributed by atoms with van der Waals surface area (Å²) in [5, 5.41) is 11.9. The highest BCUT2D eigenvalue weighted by Crippen LogP contribution is 2.39. The average molecular weight is 397 g/mol. The van der Waals surface area contributed by atoms with E-state index in [1.165, 1.54) is 23.5 Å². The first-order chi connectivity index (χ1) is 13.1. The van der Waals surface area contributed by atoms with Crippen molar-refractivity contribution in [2.24, 2.45) is 0 Å². The second-order valence-electron chi connectivity index (χ2n) is 5.82. The molecule has 0 amide bonds. The van der Waals surface area contributed by atoms with Crippen LogP contribution in [-0.2, 0) is 6.61 Å². The molecule has 3 aromatic carbocycles. The second kappa shape index (κ2) is 7.34. The van der Waals surface area contributed by atoms with Gasteiger partial charge in [0.05, 0.1) is 20.2 Å². The summed E-state index contributed by atoms with van der Waals surface area (Å²) in [6.07, 6.45) is 0. The number of aromatic nitrogens is 1. The lowest BCUT2D eigenvalue weighted by atomic mass is 10.2. The lowest BCUT2D eigenvalue weighted by Crippen LogP contribution is -1.94. The molecule has 7 heteroatoms. The third-order valence-electron chi connectivity index (χ3n) is 4.01. The molecule has 0 N–H and O–H groups in total. The number of ether oxygens (including phenoxy) is 1. The van der Waals surface area contributed by atoms with E-state index >= 15 is 0 Å². The number of nitro benzene ring substituents is 1. The molecular formula is C20H13ClN2O3S. The van der Waals surface area contributed by atoms with Crippen LogP contribution < -0.4 is 4.74 Å². The largest absolute Gasteiger partial charge is 0.487 e. The Hall–Kier alpha value is -2.96. The molecule has 1 heterocycles. The number of halogens is 1. The molecule has 4 aromatic rings. The maximum atomic E-state index is 10.9. The molecule has 0 spiro atoms. The minimum absolute atomic E-state index is 0.0447. The number of hydrogen-bond donors (Lipinski definition) is 0. The first-order valence-electron chi connectivity index (χ1n) is 8.12. The van der Waals surface area contributed by atoms with E-state index in [0.717, 1.165) is 21.5 Å². The molecule has 1 aromatic heterocycles. The molecule has 0 aliphatic heterocycles. The third kappa shape index (κ3) is 3.63. The van der Waals surface area contributed by atoms with Crippen molar-refractivity contribution < 1.29 is 9.66 Å². The van der Waals surface area contributed by atoms with Crippen molar-refractivity contribution >= 4 is 38.8 Å². The van der Waals surface area contributed by atoms with E-state index in [1.54, 1.807) is 6.07 Å². The molecule has 0 saturated heterocycles. The van der Waals surface area contributed by atoms with E-state index in [2.05, 4.69) is 4.98 Å². The van der Waals surface area contributed by atoms with Crippen LogP contribution in [0.3, 0.4) is 0 Å². The van der Waals surface area contributed by atoms with Crippen LogP contribution in [0.15, 0.2) is 66.7 Å². The minimum atomic E-state index is -0.469. The Bertz CT molecular complexity index is 1130. The molecule has 0 radical (unpaired) electrons. The molecule has 0 fully saturated rings. The minimum Gasteiger partial charge on any atom is -0.487 e. The van der Waals surface area contributed by atoms with Gasteiger partial charge in [-0.15, -0.1) is 11.3 Å². The maximum absolute atomic E-state index is 10.9. The van der Waals surface area contributed by atoms with Crippen molar-refractivity contribution in [3.63, 3.8) is 0 Å². The predicted molar refractivity (Wildman–Crippen MR) is 107 cm³/mol. The predicted octanol–water partition coefficient (Wildman–Crippen LogP) is 6.10. The van der Waals surface area contributed by atoms with E-state index in [4.69, 9.17) is 16.3 Å². The zero-order valence-corrected chi connectivity index (χ0v) is 15.5. The average Bonchev–Trinajstić information content (AvgIpc) is 3.11. The zero-order chi connectivity index (χ0) is 18.8. The highest BCUT2D eigenvalue weighted by atomic mass is 35.5. The number of fused-ring (bicyclic) bond motifs is 1. The summed E-state index contributed by atoms with van der Waals surface area (Å²) < 4.78 is 6.90. The van der Waals surface area contributed by atoms with E-state index < -0.39 is 4.92 Å². The van der Waals surface area contributed by atoms with Gasteiger partial charge in [0.1, 0.15) is 17.4 Å². The number of hydrogen-bond acceptors (Lipinski definition) is 5. The molecule has 4 rings (SSSR count). The number of thiazole rings is 1. The summed E-state index contributed by atoms with van der Waals surface area (Å²) in [6, 6.07) is 20.0. The summed E-state index contributed by atoms with van der Waals surface area (Å²) in [7, 11) is 0. The second-order valence-corrected chi connectivity index (χ2v) is 7.23. The van der Waals surface area contributed by atoms with Crippen molar-refractivity contribution in [3.8, 4) is 16.3 Å². The molecule has 0 atom stereocenters. The van der Waals surface area contributed by atoms with Gasteiger partial charge in [0.15, 0.2) is 0 Å². The fourth-order valence-electron chi connectivity index (χ4n) is 2.68. The van der Waals surface area contributed by atoms with E-state index in [0.29, 0.717) is 22.2 Å². The highest BCUT2D eigenvalue weighted by Gasteiger charge is 2.16. The lowest BCUT2D eigenvalue weighted by Gasteiger charge is -2.06. The maximum Gasteiger partial charge on any atom is 0.270 e. The monoisotopic (exact) mass is 396 g/mol. The lowest BCUT2D eigenvalue weighted by molar-refractivity contribution is -0.384. The summed E-state index contributed by atoms with van der Waals surface area (Å²) in [5.41, 5.74) is 2.50. The molecule has 27 heavy (non-hydrogen) atoms. The molecule has 0 aliphatic carbocycles. The van der Waals surface area contributed by atoms with Gasteiger partial charge in [-0.2, -0.15) is 0 Å². The first-order valence-corrected chi connectivity index (χ1v) is 9.32. The molecule has 0 unspecified atom stereocenters. The Kier molecular flexibility index (Phi) is 4.75. The van der Waals surface area contributed by atoms with Gasteiger partial charge < -0.3 is 4.74 Å². The molecule has 0 bridgehead atoms. The van der Waals surface area contributed by atoms with Gasteiger partial charge in [-0.1, -0.05) is 48.0 Å². The van der Waals surface area contributed by atoms with Crippen LogP contribution in [0.2, 0.25) is 5.02 Å². The molecule has 0 aliphatic rings. The van der Waals surface area contributed by atoms with Gasteiger partial charge in [0.2, 0.25) is 0 Å². The van der Waals surface area contributed by atoms with Gasteiger partial charge in [-0.3, -0.25) is 10.1 Å². The summed E-state index contributed by atoms with van der Waals surface area (Å²) in [4.78, 5) is 15.0. The molecular weight excluding hydrogens is 384 g/mol. The topological polar surface area (TPSA) is 65.3 Å². The highest BCUT2D eigenvalue weighted by molar-refractivity contribution is 7.22. The zero-order valence-electron chi connectivity index (χ0n) is 14.0. The van der Waals surface area contributed by atoms with Crippen molar-refractivity contribution in [3.05, 3.63) is 87.4 Å². The first kappa shape index (κ1) is 17.5. The van der Waals surface area contributed by atoms with Crippen LogP contribution in [-0.4, -0.2) is 9.91 Å². The van der Waals surface area contributed by atoms with Gasteiger partial charge in [-0.05, 0) is 23.8 Å². The van der Waals surface area contributed by atoms with Crippen LogP contribution in [0.4, 0.5) is 5.69 Å². The van der Waals surface area contributed by atoms with Crippen LogP contribution >= 0.6 is 22.9 Å². The summed E-state index contributed by atoms with van der Waals surface area (Å²) in [5.74, 6) is 0.748. The molecule has 5 nitrogen and oxygen atoms in total. The number of nitro groups is 1. The van der Waals surface area contributed by atoms with Crippen molar-refractivity contribution in [2.75, 3.05) is 0 Å². The van der Waals surface area contributed by atoms with Crippen molar-refractivity contribution in [1.29, 1.82) is 0 Å². The normalized spacial score (nSPS) is 10.9. The van der Waals surface area contributed by atoms with E-state index in [9.17, 15) is 10.1 Å². The van der Waals surface area contributed by atoms with Crippen LogP contribution in [0, 0.1) is 10.1 Å². The van der Waals surface area contributed by atoms with Crippen LogP contribution in [0.1, 0.15) is 5.56 Å². The Balaban J connectivity index is 1.67. The Morgan fingerprint density at radius 2 is 1.89 bits per heavy atom. The van der Waals surface area contributed by atoms with Crippen LogP contribution in [0.5, 0.6) is 5.75 Å². The smallest absolute Gasteiger partial charge is 0.270 e. The quantitative estimate of drug-likeness (QED) is 0.302. The number of benzene rings is 3. The standard InChI is InChI=1S/C20H13ClN2O3S/c21-16-11-14(23(24)25)9-10-15(16)20-22-17-7-4-8-18(19(17)27-20)26-12-13-5-2-1-3-6-13/h1-11H,12H2. The van der Waals surface area contributed by atoms with Gasteiger partial charge >= 0.3 is 0 Å². The molecule has 0 saturated carbocycles. The number of non-ortho nitro benzene ring substituents is 1. The number of rotatable bonds is 5. The third-order valence-corrected chi connectivity index (χ3v) is 5.44. The van der Waals surface area contributed by atoms with Crippen LogP contribution in [0.25, 0.3) is 20.8 Å². The van der Waals surface area contributed by atoms with Crippen molar-refractivity contribution in [2.45, 2.75) is 6.61 Å². The summed E-state index contributed by atoms with van der Waals surface area (Å²) >= 11 is 7.70. The molecule has 134 valence electrons. The van der Waals surface area contributed by atoms with Gasteiger partial charge in [0.25, 0.3) is 5.69 Å². The summed E-state index contributed by atoms with van der Waals surface area (Å²) in [6.45, 7) is 0.464.